The van der Waals surface area contributed by atoms with Crippen molar-refractivity contribution in [3.8, 4) is 0 Å². The molecule has 2 aromatic carbocycles. The van der Waals surface area contributed by atoms with Crippen LogP contribution < -0.4 is 0 Å². The highest BCUT2D eigenvalue weighted by atomic mass is 16.2. The number of carbonyl (C=O) groups is 2. The van der Waals surface area contributed by atoms with Crippen molar-refractivity contribution in [2.75, 3.05) is 19.6 Å². The molecule has 0 N–H and O–H groups in total. The first kappa shape index (κ1) is 18.5. The predicted molar refractivity (Wildman–Crippen MR) is 104 cm³/mol. The summed E-state index contributed by atoms with van der Waals surface area (Å²) in [5.41, 5.74) is 1.99. The van der Waals surface area contributed by atoms with E-state index in [9.17, 15) is 9.59 Å². The highest BCUT2D eigenvalue weighted by molar-refractivity contribution is 6.10. The molecule has 2 aromatic rings. The van der Waals surface area contributed by atoms with Crippen LogP contribution in [0.4, 0.5) is 0 Å². The van der Waals surface area contributed by atoms with Crippen LogP contribution in [0.25, 0.3) is 0 Å². The second-order valence-electron chi connectivity index (χ2n) is 7.21. The van der Waals surface area contributed by atoms with Gasteiger partial charge in [0.05, 0.1) is 5.92 Å². The van der Waals surface area contributed by atoms with Gasteiger partial charge in [0.2, 0.25) is 0 Å². The molecule has 0 spiro atoms. The molecule has 0 radical (unpaired) electrons. The van der Waals surface area contributed by atoms with Gasteiger partial charge in [0.1, 0.15) is 5.78 Å². The number of ketones is 2. The molecular formula is C23H27NO2. The van der Waals surface area contributed by atoms with Crippen molar-refractivity contribution in [2.24, 2.45) is 11.8 Å². The molecule has 1 fully saturated rings. The smallest absolute Gasteiger partial charge is 0.173 e. The Balaban J connectivity index is 1.48. The minimum absolute atomic E-state index is 0.0191. The van der Waals surface area contributed by atoms with Crippen LogP contribution in [0, 0.1) is 11.8 Å². The molecule has 136 valence electrons. The molecule has 0 aliphatic carbocycles. The lowest BCUT2D eigenvalue weighted by Crippen LogP contribution is -2.39. The van der Waals surface area contributed by atoms with Crippen molar-refractivity contribution in [3.63, 3.8) is 0 Å². The van der Waals surface area contributed by atoms with E-state index < -0.39 is 5.92 Å². The molecule has 0 saturated carbocycles. The SMILES string of the molecule is CC(C(=O)c1ccccc1)C(=O)C1CCN(CCc2ccccc2)CC1. The highest BCUT2D eigenvalue weighted by Gasteiger charge is 2.31. The van der Waals surface area contributed by atoms with Crippen LogP contribution in [-0.4, -0.2) is 36.1 Å². The second-order valence-corrected chi connectivity index (χ2v) is 7.21. The summed E-state index contributed by atoms with van der Waals surface area (Å²) in [6.07, 6.45) is 2.77. The summed E-state index contributed by atoms with van der Waals surface area (Å²) < 4.78 is 0. The first-order valence-corrected chi connectivity index (χ1v) is 9.54. The average Bonchev–Trinajstić information content (AvgIpc) is 2.72. The van der Waals surface area contributed by atoms with Gasteiger partial charge in [-0.05, 0) is 44.8 Å². The number of piperidine rings is 1. The highest BCUT2D eigenvalue weighted by Crippen LogP contribution is 2.23. The summed E-state index contributed by atoms with van der Waals surface area (Å²) in [7, 11) is 0. The lowest BCUT2D eigenvalue weighted by atomic mass is 9.83. The van der Waals surface area contributed by atoms with Crippen molar-refractivity contribution < 1.29 is 9.59 Å². The average molecular weight is 349 g/mol. The summed E-state index contributed by atoms with van der Waals surface area (Å²) in [6.45, 7) is 4.67. The van der Waals surface area contributed by atoms with E-state index in [2.05, 4.69) is 29.2 Å². The van der Waals surface area contributed by atoms with Crippen LogP contribution in [0.15, 0.2) is 60.7 Å². The molecule has 1 heterocycles. The van der Waals surface area contributed by atoms with Crippen molar-refractivity contribution in [3.05, 3.63) is 71.8 Å². The minimum atomic E-state index is -0.543. The van der Waals surface area contributed by atoms with Gasteiger partial charge in [0.15, 0.2) is 5.78 Å². The lowest BCUT2D eigenvalue weighted by molar-refractivity contribution is -0.126. The summed E-state index contributed by atoms with van der Waals surface area (Å²) in [5, 5.41) is 0. The van der Waals surface area contributed by atoms with E-state index in [0.717, 1.165) is 38.9 Å². The van der Waals surface area contributed by atoms with Crippen molar-refractivity contribution in [1.29, 1.82) is 0 Å². The maximum Gasteiger partial charge on any atom is 0.173 e. The maximum absolute atomic E-state index is 12.8. The Bertz CT molecular complexity index is 718. The molecule has 1 unspecified atom stereocenters. The molecule has 1 atom stereocenters. The third-order valence-electron chi connectivity index (χ3n) is 5.43. The van der Waals surface area contributed by atoms with Crippen LogP contribution in [0.3, 0.4) is 0 Å². The first-order valence-electron chi connectivity index (χ1n) is 9.54. The Morgan fingerprint density at radius 2 is 1.54 bits per heavy atom. The number of Topliss-reactive ketones (excluding diaryl/α,β-unsaturated/α-hetero) is 2. The molecule has 1 saturated heterocycles. The third-order valence-corrected chi connectivity index (χ3v) is 5.43. The molecule has 0 amide bonds. The Kier molecular flexibility index (Phi) is 6.35. The summed E-state index contributed by atoms with van der Waals surface area (Å²) in [5.74, 6) is -0.465. The van der Waals surface area contributed by atoms with Gasteiger partial charge in [-0.3, -0.25) is 9.59 Å². The Morgan fingerprint density at radius 3 is 2.15 bits per heavy atom. The molecule has 3 rings (SSSR count). The molecule has 0 bridgehead atoms. The monoisotopic (exact) mass is 349 g/mol. The molecular weight excluding hydrogens is 322 g/mol. The zero-order chi connectivity index (χ0) is 18.4. The topological polar surface area (TPSA) is 37.4 Å². The van der Waals surface area contributed by atoms with Gasteiger partial charge in [-0.1, -0.05) is 60.7 Å². The molecule has 1 aliphatic rings. The first-order chi connectivity index (χ1) is 12.6. The number of hydrogen-bond acceptors (Lipinski definition) is 3. The van der Waals surface area contributed by atoms with Crippen LogP contribution >= 0.6 is 0 Å². The molecule has 1 aliphatic heterocycles. The van der Waals surface area contributed by atoms with Gasteiger partial charge >= 0.3 is 0 Å². The Labute approximate surface area is 156 Å². The normalized spacial score (nSPS) is 17.0. The number of carbonyl (C=O) groups excluding carboxylic acids is 2. The van der Waals surface area contributed by atoms with E-state index in [4.69, 9.17) is 0 Å². The summed E-state index contributed by atoms with van der Waals surface area (Å²) in [4.78, 5) is 27.7. The number of likely N-dealkylation sites (tertiary alicyclic amines) is 1. The van der Waals surface area contributed by atoms with Crippen molar-refractivity contribution >= 4 is 11.6 Å². The van der Waals surface area contributed by atoms with Crippen LogP contribution in [0.1, 0.15) is 35.7 Å². The Morgan fingerprint density at radius 1 is 0.962 bits per heavy atom. The fourth-order valence-electron chi connectivity index (χ4n) is 3.71. The van der Waals surface area contributed by atoms with Gasteiger partial charge in [-0.15, -0.1) is 0 Å². The van der Waals surface area contributed by atoms with E-state index >= 15 is 0 Å². The second kappa shape index (κ2) is 8.91. The fraction of sp³-hybridized carbons (Fsp3) is 0.391. The van der Waals surface area contributed by atoms with E-state index in [-0.39, 0.29) is 17.5 Å². The molecule has 26 heavy (non-hydrogen) atoms. The van der Waals surface area contributed by atoms with Crippen LogP contribution in [0.5, 0.6) is 0 Å². The standard InChI is InChI=1S/C23H27NO2/c1-18(22(25)20-10-6-3-7-11-20)23(26)21-13-16-24(17-14-21)15-12-19-8-4-2-5-9-19/h2-11,18,21H,12-17H2,1H3. The largest absolute Gasteiger partial charge is 0.303 e. The lowest BCUT2D eigenvalue weighted by Gasteiger charge is -2.32. The van der Waals surface area contributed by atoms with Gasteiger partial charge in [0, 0.05) is 18.0 Å². The quantitative estimate of drug-likeness (QED) is 0.559. The van der Waals surface area contributed by atoms with E-state index in [1.165, 1.54) is 5.56 Å². The predicted octanol–water partition coefficient (Wildman–Crippen LogP) is 4.03. The maximum atomic E-state index is 12.8. The van der Waals surface area contributed by atoms with Crippen LogP contribution in [0.2, 0.25) is 0 Å². The Hall–Kier alpha value is -2.26. The van der Waals surface area contributed by atoms with Gasteiger partial charge in [-0.2, -0.15) is 0 Å². The third kappa shape index (κ3) is 4.67. The van der Waals surface area contributed by atoms with Gasteiger partial charge in [-0.25, -0.2) is 0 Å². The van der Waals surface area contributed by atoms with Gasteiger partial charge < -0.3 is 4.90 Å². The minimum Gasteiger partial charge on any atom is -0.303 e. The van der Waals surface area contributed by atoms with E-state index in [1.807, 2.05) is 24.3 Å². The fourth-order valence-corrected chi connectivity index (χ4v) is 3.71. The zero-order valence-electron chi connectivity index (χ0n) is 15.4. The summed E-state index contributed by atoms with van der Waals surface area (Å²) >= 11 is 0. The van der Waals surface area contributed by atoms with E-state index in [1.54, 1.807) is 19.1 Å². The van der Waals surface area contributed by atoms with Crippen molar-refractivity contribution in [2.45, 2.75) is 26.2 Å². The summed E-state index contributed by atoms with van der Waals surface area (Å²) in [6, 6.07) is 19.7. The number of benzene rings is 2. The molecule has 3 nitrogen and oxygen atoms in total. The zero-order valence-corrected chi connectivity index (χ0v) is 15.4. The van der Waals surface area contributed by atoms with Crippen LogP contribution in [-0.2, 0) is 11.2 Å². The molecule has 0 aromatic heterocycles. The number of rotatable bonds is 7. The van der Waals surface area contributed by atoms with Crippen molar-refractivity contribution in [1.82, 2.24) is 4.90 Å². The molecule has 3 heteroatoms. The number of nitrogens with zero attached hydrogens (tertiary/aromatic N) is 1. The number of hydrogen-bond donors (Lipinski definition) is 0. The van der Waals surface area contributed by atoms with E-state index in [0.29, 0.717) is 5.56 Å². The van der Waals surface area contributed by atoms with Gasteiger partial charge in [0.25, 0.3) is 0 Å².